The van der Waals surface area contributed by atoms with E-state index in [9.17, 15) is 27.9 Å². The third-order valence-electron chi connectivity index (χ3n) is 12.7. The second-order valence-electron chi connectivity index (χ2n) is 16.5. The number of ether oxygens (including phenoxy) is 3. The van der Waals surface area contributed by atoms with Gasteiger partial charge in [-0.2, -0.15) is 18.2 Å². The van der Waals surface area contributed by atoms with Crippen LogP contribution in [0.25, 0.3) is 22.3 Å². The molecule has 4 fully saturated rings. The smallest absolute Gasteiger partial charge is 0.421 e. The van der Waals surface area contributed by atoms with E-state index in [1.807, 2.05) is 29.2 Å². The predicted molar refractivity (Wildman–Crippen MR) is 216 cm³/mol. The summed E-state index contributed by atoms with van der Waals surface area (Å²) >= 11 is 7.12. The standard InChI is InChI=1S/C45H47ClF4N4O6/c1-58-38-19-26(18-36(47)34(38)21-51-20-28-9-12-39(55)52-28)29-5-3-8-33(40(29)46)30-6-4-7-32-31(30)10-11-37(32)60-42-35(45(48,49)50)17-27(41(53-42)59-2)23-54-22-25-13-15-44(24-54,16-14-25)43(56)57/h3-8,17-19,25,28,37,51H,9-16,20-24H2,1-2H3,(H,52,55)(H,56,57)/t25?,28-,37-,44?/m0/s1. The number of halogens is 5. The number of hydrogen-bond donors (Lipinski definition) is 3. The number of benzene rings is 3. The SMILES string of the molecule is COc1cc(-c2cccc(-c3cccc4c3CC[C@@H]4Oc3nc(OC)c(CN4CC5CCC(C(=O)O)(CC5)C4)cc3C(F)(F)F)c2Cl)cc(F)c1CNC[C@@H]1CCC(=O)N1. The van der Waals surface area contributed by atoms with Gasteiger partial charge in [-0.15, -0.1) is 0 Å². The molecule has 9 rings (SSSR count). The highest BCUT2D eigenvalue weighted by atomic mass is 35.5. The number of fused-ring (bicyclic) bond motifs is 5. The van der Waals surface area contributed by atoms with Crippen LogP contribution in [0, 0.1) is 17.2 Å². The lowest BCUT2D eigenvalue weighted by Crippen LogP contribution is -2.41. The maximum Gasteiger partial charge on any atom is 0.421 e. The number of pyridine rings is 1. The summed E-state index contributed by atoms with van der Waals surface area (Å²) in [4.78, 5) is 30.1. The van der Waals surface area contributed by atoms with Crippen LogP contribution in [0.3, 0.4) is 0 Å². The maximum absolute atomic E-state index is 15.7. The second kappa shape index (κ2) is 16.9. The summed E-state index contributed by atoms with van der Waals surface area (Å²) in [6.45, 7) is 1.58. The van der Waals surface area contributed by atoms with Gasteiger partial charge in [0.1, 0.15) is 23.2 Å². The molecule has 1 saturated carbocycles. The average Bonchev–Trinajstić information content (AvgIpc) is 3.73. The van der Waals surface area contributed by atoms with Crippen molar-refractivity contribution in [2.24, 2.45) is 11.3 Å². The number of aliphatic carboxylic acids is 1. The van der Waals surface area contributed by atoms with Gasteiger partial charge in [-0.1, -0.05) is 48.0 Å². The molecule has 2 bridgehead atoms. The highest BCUT2D eigenvalue weighted by Crippen LogP contribution is 2.48. The number of carbonyl (C=O) groups is 2. The van der Waals surface area contributed by atoms with Crippen molar-refractivity contribution in [1.82, 2.24) is 20.5 Å². The van der Waals surface area contributed by atoms with Gasteiger partial charge in [-0.25, -0.2) is 4.39 Å². The van der Waals surface area contributed by atoms with Gasteiger partial charge >= 0.3 is 12.1 Å². The van der Waals surface area contributed by atoms with Crippen molar-refractivity contribution in [3.8, 4) is 39.8 Å². The Kier molecular flexibility index (Phi) is 11.7. The predicted octanol–water partition coefficient (Wildman–Crippen LogP) is 8.76. The van der Waals surface area contributed by atoms with E-state index < -0.39 is 40.9 Å². The zero-order chi connectivity index (χ0) is 42.3. The van der Waals surface area contributed by atoms with E-state index in [1.54, 1.807) is 18.2 Å². The Balaban J connectivity index is 1.05. The van der Waals surface area contributed by atoms with Crippen molar-refractivity contribution < 1.29 is 46.5 Å². The van der Waals surface area contributed by atoms with E-state index in [0.717, 1.165) is 36.5 Å². The van der Waals surface area contributed by atoms with E-state index in [1.165, 1.54) is 20.3 Å². The minimum atomic E-state index is -4.80. The first-order chi connectivity index (χ1) is 28.8. The summed E-state index contributed by atoms with van der Waals surface area (Å²) in [7, 11) is 2.82. The number of nitrogens with zero attached hydrogens (tertiary/aromatic N) is 2. The van der Waals surface area contributed by atoms with Gasteiger partial charge in [0, 0.05) is 67.4 Å². The number of rotatable bonds is 13. The number of amides is 1. The zero-order valence-electron chi connectivity index (χ0n) is 33.4. The molecule has 1 amide bonds. The Labute approximate surface area is 350 Å². The molecule has 3 N–H and O–H groups in total. The maximum atomic E-state index is 15.7. The number of carboxylic acids is 1. The second-order valence-corrected chi connectivity index (χ2v) is 16.8. The summed E-state index contributed by atoms with van der Waals surface area (Å²) in [5.74, 6) is -1.33. The van der Waals surface area contributed by atoms with E-state index in [4.69, 9.17) is 25.8 Å². The lowest BCUT2D eigenvalue weighted by atomic mass is 9.72. The topological polar surface area (TPSA) is 122 Å². The van der Waals surface area contributed by atoms with Crippen LogP contribution in [0.5, 0.6) is 17.5 Å². The van der Waals surface area contributed by atoms with E-state index >= 15 is 4.39 Å². The molecule has 4 aromatic rings. The fourth-order valence-electron chi connectivity index (χ4n) is 9.59. The largest absolute Gasteiger partial charge is 0.496 e. The molecule has 0 unspecified atom stereocenters. The molecule has 3 aromatic carbocycles. The van der Waals surface area contributed by atoms with Crippen LogP contribution in [-0.2, 0) is 35.3 Å². The first kappa shape index (κ1) is 41.8. The highest BCUT2D eigenvalue weighted by Gasteiger charge is 2.47. The van der Waals surface area contributed by atoms with Crippen molar-refractivity contribution in [2.45, 2.75) is 82.8 Å². The Morgan fingerprint density at radius 3 is 2.45 bits per heavy atom. The Hall–Kier alpha value is -4.92. The van der Waals surface area contributed by atoms with Gasteiger partial charge in [0.15, 0.2) is 0 Å². The van der Waals surface area contributed by atoms with Crippen molar-refractivity contribution in [1.29, 1.82) is 0 Å². The number of alkyl halides is 3. The molecular formula is C45H47ClF4N4O6. The summed E-state index contributed by atoms with van der Waals surface area (Å²) in [6.07, 6.45) is -0.851. The fraction of sp³-hybridized carbons (Fsp3) is 0.444. The molecule has 10 nitrogen and oxygen atoms in total. The van der Waals surface area contributed by atoms with Gasteiger partial charge in [0.05, 0.1) is 24.7 Å². The van der Waals surface area contributed by atoms with Crippen LogP contribution in [0.2, 0.25) is 5.02 Å². The number of carbonyl (C=O) groups excluding carboxylic acids is 1. The van der Waals surface area contributed by atoms with Gasteiger partial charge in [-0.05, 0) is 91.3 Å². The third kappa shape index (κ3) is 8.25. The third-order valence-corrected chi connectivity index (χ3v) is 13.1. The zero-order valence-corrected chi connectivity index (χ0v) is 34.1. The fourth-order valence-corrected chi connectivity index (χ4v) is 9.92. The summed E-state index contributed by atoms with van der Waals surface area (Å²) in [5.41, 5.74) is 2.69. The number of carboxylic acid groups (broad SMARTS) is 1. The molecule has 60 heavy (non-hydrogen) atoms. The number of hydrogen-bond acceptors (Lipinski definition) is 8. The van der Waals surface area contributed by atoms with Crippen molar-refractivity contribution in [2.75, 3.05) is 33.9 Å². The molecule has 2 aliphatic carbocycles. The average molecular weight is 851 g/mol. The van der Waals surface area contributed by atoms with Crippen molar-refractivity contribution in [3.63, 3.8) is 0 Å². The summed E-state index contributed by atoms with van der Waals surface area (Å²) in [6, 6.07) is 15.2. The van der Waals surface area contributed by atoms with Crippen LogP contribution in [0.15, 0.2) is 54.6 Å². The molecule has 3 saturated heterocycles. The Bertz CT molecular complexity index is 2300. The van der Waals surface area contributed by atoms with E-state index in [0.29, 0.717) is 83.8 Å². The van der Waals surface area contributed by atoms with Gasteiger partial charge < -0.3 is 30.0 Å². The molecule has 5 aliphatic rings. The van der Waals surface area contributed by atoms with E-state index in [2.05, 4.69) is 15.6 Å². The molecule has 0 spiro atoms. The molecular weight excluding hydrogens is 804 g/mol. The molecule has 15 heteroatoms. The molecule has 318 valence electrons. The minimum Gasteiger partial charge on any atom is -0.496 e. The first-order valence-electron chi connectivity index (χ1n) is 20.3. The normalized spacial score (nSPS) is 22.6. The summed E-state index contributed by atoms with van der Waals surface area (Å²) in [5, 5.41) is 16.6. The van der Waals surface area contributed by atoms with Gasteiger partial charge in [0.2, 0.25) is 17.7 Å². The van der Waals surface area contributed by atoms with Crippen molar-refractivity contribution in [3.05, 3.63) is 93.3 Å². The van der Waals surface area contributed by atoms with Crippen LogP contribution in [0.1, 0.15) is 78.9 Å². The van der Waals surface area contributed by atoms with Gasteiger partial charge in [-0.3, -0.25) is 14.5 Å². The molecule has 3 aliphatic heterocycles. The van der Waals surface area contributed by atoms with Crippen LogP contribution >= 0.6 is 11.6 Å². The van der Waals surface area contributed by atoms with Gasteiger partial charge in [0.25, 0.3) is 0 Å². The molecule has 0 radical (unpaired) electrons. The number of aromatic nitrogens is 1. The quantitative estimate of drug-likeness (QED) is 0.113. The Morgan fingerprint density at radius 2 is 1.75 bits per heavy atom. The number of methoxy groups -OCH3 is 2. The summed E-state index contributed by atoms with van der Waals surface area (Å²) < 4.78 is 77.4. The highest BCUT2D eigenvalue weighted by molar-refractivity contribution is 6.36. The van der Waals surface area contributed by atoms with Crippen LogP contribution in [0.4, 0.5) is 17.6 Å². The van der Waals surface area contributed by atoms with Crippen LogP contribution in [-0.4, -0.2) is 66.8 Å². The minimum absolute atomic E-state index is 0.00703. The molecule has 4 heterocycles. The van der Waals surface area contributed by atoms with Crippen LogP contribution < -0.4 is 24.8 Å². The Morgan fingerprint density at radius 1 is 1.00 bits per heavy atom. The number of nitrogens with one attached hydrogen (secondary N) is 2. The molecule has 2 atom stereocenters. The van der Waals surface area contributed by atoms with E-state index in [-0.39, 0.29) is 48.9 Å². The lowest BCUT2D eigenvalue weighted by Gasteiger charge is -2.33. The van der Waals surface area contributed by atoms with Crippen molar-refractivity contribution >= 4 is 23.5 Å². The monoisotopic (exact) mass is 850 g/mol. The lowest BCUT2D eigenvalue weighted by molar-refractivity contribution is -0.151. The first-order valence-corrected chi connectivity index (χ1v) is 20.7. The molecule has 1 aromatic heterocycles.